The Bertz CT molecular complexity index is 1500. The number of ether oxygens (including phenoxy) is 1. The van der Waals surface area contributed by atoms with Gasteiger partial charge in [-0.1, -0.05) is 24.3 Å². The first-order valence-electron chi connectivity index (χ1n) is 11.0. The average molecular weight is 585 g/mol. The van der Waals surface area contributed by atoms with E-state index in [4.69, 9.17) is 26.7 Å². The molecule has 0 aliphatic rings. The van der Waals surface area contributed by atoms with E-state index in [1.54, 1.807) is 30.3 Å². The number of nitriles is 1. The number of halogens is 6. The van der Waals surface area contributed by atoms with Gasteiger partial charge in [-0.15, -0.1) is 11.3 Å². The molecule has 0 unspecified atom stereocenters. The van der Waals surface area contributed by atoms with Crippen LogP contribution in [-0.2, 0) is 13.2 Å². The van der Waals surface area contributed by atoms with Crippen molar-refractivity contribution in [3.63, 3.8) is 0 Å². The molecule has 12 heteroatoms. The molecule has 0 radical (unpaired) electrons. The highest BCUT2D eigenvalue weighted by molar-refractivity contribution is 7.18. The summed E-state index contributed by atoms with van der Waals surface area (Å²) in [5.41, 5.74) is -2.10. The Balaban J connectivity index is 0.000000510. The minimum Gasteiger partial charge on any atom is -0.490 e. The lowest BCUT2D eigenvalue weighted by Gasteiger charge is -2.13. The second kappa shape index (κ2) is 13.9. The Kier molecular flexibility index (Phi) is 11.2. The van der Waals surface area contributed by atoms with Crippen molar-refractivity contribution in [2.45, 2.75) is 13.1 Å². The number of aromatic nitrogens is 1. The zero-order valence-corrected chi connectivity index (χ0v) is 22.2. The SMILES string of the molecule is C=C/C(C)=C(F)\C=C\F.Cn1c(-c2ccc(-c3ccc(OCCO)c(Cl)c3)s2)cc(C(F)(F)F)c(C#N)c1=O. The summed E-state index contributed by atoms with van der Waals surface area (Å²) in [6, 6.07) is 10.5. The standard InChI is InChI=1S/C20H14ClF3N2O3S.C7H8F2/c1-26-15(9-13(20(22,23)24)12(10-25)19(26)28)18-5-4-17(30-18)11-2-3-16(14(21)8-11)29-7-6-27;1-3-6(2)7(9)4-5-8/h2-5,8-9,27H,6-7H2,1H3;3-5H,1H2,2H3/b;5-4+,7-6+. The first-order chi connectivity index (χ1) is 18.4. The van der Waals surface area contributed by atoms with Gasteiger partial charge < -0.3 is 14.4 Å². The number of alkyl halides is 3. The molecule has 0 aliphatic heterocycles. The third-order valence-electron chi connectivity index (χ3n) is 5.16. The van der Waals surface area contributed by atoms with Gasteiger partial charge in [-0.25, -0.2) is 8.78 Å². The van der Waals surface area contributed by atoms with Crippen LogP contribution in [0, 0.1) is 11.3 Å². The fraction of sp³-hybridized carbons (Fsp3) is 0.185. The Morgan fingerprint density at radius 1 is 1.26 bits per heavy atom. The molecule has 0 saturated carbocycles. The van der Waals surface area contributed by atoms with Crippen molar-refractivity contribution in [3.05, 3.63) is 99.4 Å². The molecule has 0 amide bonds. The lowest BCUT2D eigenvalue weighted by atomic mass is 10.1. The third-order valence-corrected chi connectivity index (χ3v) is 6.62. The maximum Gasteiger partial charge on any atom is 0.417 e. The van der Waals surface area contributed by atoms with Gasteiger partial charge in [-0.3, -0.25) is 4.79 Å². The minimum atomic E-state index is -4.83. The summed E-state index contributed by atoms with van der Waals surface area (Å²) in [6.45, 7) is 4.76. The molecular weight excluding hydrogens is 563 g/mol. The Morgan fingerprint density at radius 3 is 2.46 bits per heavy atom. The first-order valence-corrected chi connectivity index (χ1v) is 12.2. The number of thiophene rings is 1. The molecule has 206 valence electrons. The van der Waals surface area contributed by atoms with E-state index >= 15 is 0 Å². The summed E-state index contributed by atoms with van der Waals surface area (Å²) in [5, 5.41) is 18.2. The lowest BCUT2D eigenvalue weighted by molar-refractivity contribution is -0.137. The lowest BCUT2D eigenvalue weighted by Crippen LogP contribution is -2.25. The molecule has 0 bridgehead atoms. The van der Waals surface area contributed by atoms with Gasteiger partial charge in [0.05, 0.1) is 34.1 Å². The maximum atomic E-state index is 13.3. The molecule has 0 atom stereocenters. The van der Waals surface area contributed by atoms with Crippen molar-refractivity contribution in [1.82, 2.24) is 4.57 Å². The van der Waals surface area contributed by atoms with Crippen LogP contribution in [0.15, 0.2) is 77.7 Å². The molecule has 1 N–H and O–H groups in total. The van der Waals surface area contributed by atoms with Crippen molar-refractivity contribution < 1.29 is 31.8 Å². The molecule has 0 spiro atoms. The fourth-order valence-electron chi connectivity index (χ4n) is 3.11. The van der Waals surface area contributed by atoms with Gasteiger partial charge in [-0.05, 0) is 54.5 Å². The highest BCUT2D eigenvalue weighted by Crippen LogP contribution is 2.39. The predicted molar refractivity (Wildman–Crippen MR) is 142 cm³/mol. The molecule has 5 nitrogen and oxygen atoms in total. The molecule has 2 heterocycles. The van der Waals surface area contributed by atoms with Gasteiger partial charge in [0.2, 0.25) is 0 Å². The first kappa shape index (κ1) is 31.5. The molecular formula is C27H22ClF5N2O3S. The van der Waals surface area contributed by atoms with E-state index < -0.39 is 28.7 Å². The van der Waals surface area contributed by atoms with Crippen LogP contribution in [0.1, 0.15) is 18.1 Å². The summed E-state index contributed by atoms with van der Waals surface area (Å²) >= 11 is 7.36. The van der Waals surface area contributed by atoms with Crippen molar-refractivity contribution >= 4 is 22.9 Å². The third kappa shape index (κ3) is 7.89. The summed E-state index contributed by atoms with van der Waals surface area (Å²) in [4.78, 5) is 13.4. The number of hydrogen-bond acceptors (Lipinski definition) is 5. The number of aliphatic hydroxyl groups is 1. The molecule has 2 aromatic heterocycles. The Labute approximate surface area is 230 Å². The molecule has 3 aromatic rings. The van der Waals surface area contributed by atoms with E-state index in [9.17, 15) is 26.7 Å². The average Bonchev–Trinajstić information content (AvgIpc) is 3.38. The van der Waals surface area contributed by atoms with Crippen LogP contribution in [0.2, 0.25) is 5.02 Å². The minimum absolute atomic E-state index is 0.0524. The largest absolute Gasteiger partial charge is 0.490 e. The molecule has 0 saturated heterocycles. The van der Waals surface area contributed by atoms with Gasteiger partial charge in [0, 0.05) is 18.0 Å². The summed E-state index contributed by atoms with van der Waals surface area (Å²) in [5.74, 6) is -0.192. The monoisotopic (exact) mass is 584 g/mol. The van der Waals surface area contributed by atoms with Crippen LogP contribution in [-0.4, -0.2) is 22.9 Å². The quantitative estimate of drug-likeness (QED) is 0.229. The summed E-state index contributed by atoms with van der Waals surface area (Å²) in [7, 11) is 1.32. The number of allylic oxidation sites excluding steroid dienone is 4. The van der Waals surface area contributed by atoms with Crippen LogP contribution in [0.25, 0.3) is 21.0 Å². The molecule has 39 heavy (non-hydrogen) atoms. The van der Waals surface area contributed by atoms with Crippen LogP contribution in [0.4, 0.5) is 22.0 Å². The van der Waals surface area contributed by atoms with Crippen molar-refractivity contribution in [2.24, 2.45) is 7.05 Å². The number of benzene rings is 1. The fourth-order valence-corrected chi connectivity index (χ4v) is 4.40. The number of pyridine rings is 1. The highest BCUT2D eigenvalue weighted by atomic mass is 35.5. The number of rotatable bonds is 7. The zero-order chi connectivity index (χ0) is 29.3. The number of aliphatic hydroxyl groups excluding tert-OH is 1. The van der Waals surface area contributed by atoms with Gasteiger partial charge in [-0.2, -0.15) is 18.4 Å². The number of nitrogens with zero attached hydrogens (tertiary/aromatic N) is 2. The van der Waals surface area contributed by atoms with Crippen LogP contribution in [0.5, 0.6) is 5.75 Å². The molecule has 3 rings (SSSR count). The van der Waals surface area contributed by atoms with E-state index in [2.05, 4.69) is 6.58 Å². The van der Waals surface area contributed by atoms with E-state index in [0.717, 1.165) is 16.7 Å². The molecule has 1 aromatic carbocycles. The Hall–Kier alpha value is -3.72. The van der Waals surface area contributed by atoms with E-state index in [1.165, 1.54) is 37.5 Å². The van der Waals surface area contributed by atoms with E-state index in [1.807, 2.05) is 0 Å². The molecule has 0 aliphatic carbocycles. The van der Waals surface area contributed by atoms with E-state index in [-0.39, 0.29) is 25.2 Å². The van der Waals surface area contributed by atoms with Gasteiger partial charge in [0.1, 0.15) is 29.8 Å². The summed E-state index contributed by atoms with van der Waals surface area (Å²) in [6.07, 6.45) is -2.60. The van der Waals surface area contributed by atoms with E-state index in [0.29, 0.717) is 31.7 Å². The normalized spacial score (nSPS) is 11.9. The van der Waals surface area contributed by atoms with Gasteiger partial charge in [0.25, 0.3) is 5.56 Å². The van der Waals surface area contributed by atoms with Crippen LogP contribution in [0.3, 0.4) is 0 Å². The van der Waals surface area contributed by atoms with Crippen molar-refractivity contribution in [1.29, 1.82) is 5.26 Å². The topological polar surface area (TPSA) is 75.2 Å². The predicted octanol–water partition coefficient (Wildman–Crippen LogP) is 7.59. The Morgan fingerprint density at radius 2 is 1.92 bits per heavy atom. The maximum absolute atomic E-state index is 13.3. The smallest absolute Gasteiger partial charge is 0.417 e. The van der Waals surface area contributed by atoms with Crippen LogP contribution < -0.4 is 10.3 Å². The van der Waals surface area contributed by atoms with Gasteiger partial charge in [0.15, 0.2) is 0 Å². The molecule has 0 fully saturated rings. The second-order valence-electron chi connectivity index (χ2n) is 7.70. The van der Waals surface area contributed by atoms with Crippen molar-refractivity contribution in [2.75, 3.05) is 13.2 Å². The summed E-state index contributed by atoms with van der Waals surface area (Å²) < 4.78 is 69.9. The highest BCUT2D eigenvalue weighted by Gasteiger charge is 2.36. The van der Waals surface area contributed by atoms with Gasteiger partial charge >= 0.3 is 6.18 Å². The second-order valence-corrected chi connectivity index (χ2v) is 9.19. The zero-order valence-electron chi connectivity index (χ0n) is 20.7. The number of hydrogen-bond donors (Lipinski definition) is 1. The van der Waals surface area contributed by atoms with Crippen LogP contribution >= 0.6 is 22.9 Å². The van der Waals surface area contributed by atoms with Crippen molar-refractivity contribution in [3.8, 4) is 32.8 Å².